The Morgan fingerprint density at radius 2 is 1.85 bits per heavy atom. The number of carbonyl (C=O) groups excluding carboxylic acids is 1. The molecule has 10 nitrogen and oxygen atoms in total. The van der Waals surface area contributed by atoms with Gasteiger partial charge in [-0.25, -0.2) is 9.97 Å². The van der Waals surface area contributed by atoms with Crippen molar-refractivity contribution in [3.05, 3.63) is 58.9 Å². The zero-order chi connectivity index (χ0) is 28.7. The molecule has 2 saturated carbocycles. The van der Waals surface area contributed by atoms with Gasteiger partial charge < -0.3 is 25.4 Å². The second-order valence-electron chi connectivity index (χ2n) is 10.6. The average molecular weight is 576 g/mol. The number of fused-ring (bicyclic) bond motifs is 1. The third-order valence-corrected chi connectivity index (χ3v) is 8.04. The Hall–Kier alpha value is -3.89. The molecule has 4 N–H and O–H groups in total. The second-order valence-corrected chi connectivity index (χ2v) is 10.9. The first-order valence-corrected chi connectivity index (χ1v) is 14.5. The van der Waals surface area contributed by atoms with Crippen molar-refractivity contribution in [2.45, 2.75) is 51.0 Å². The molecule has 214 valence electrons. The van der Waals surface area contributed by atoms with E-state index in [0.29, 0.717) is 41.5 Å². The molecule has 0 radical (unpaired) electrons. The molecule has 3 aliphatic rings. The number of β-amino-alcohol motifs (C(OH)–C–C–N with tert-alkyl or cyclic N) is 1. The molecule has 3 fully saturated rings. The molecular weight excluding hydrogens is 542 g/mol. The van der Waals surface area contributed by atoms with Crippen molar-refractivity contribution in [3.63, 3.8) is 0 Å². The lowest BCUT2D eigenvalue weighted by Crippen LogP contribution is -2.51. The maximum atomic E-state index is 12.8. The maximum absolute atomic E-state index is 12.8. The van der Waals surface area contributed by atoms with Crippen molar-refractivity contribution in [2.24, 2.45) is 5.92 Å². The summed E-state index contributed by atoms with van der Waals surface area (Å²) in [5, 5.41) is 25.0. The fourth-order valence-corrected chi connectivity index (χ4v) is 5.39. The number of benzene rings is 2. The molecule has 1 saturated heterocycles. The SMILES string of the molecule is CC.COc1ccc(NC(=O)C2C[C@H]2c2ccc3c(Nc4nc(C5CC5)nc(N5CC(O)C5)c4Cl)n[nH]c3c2)cc1. The summed E-state index contributed by atoms with van der Waals surface area (Å²) in [6.45, 7) is 5.02. The molecule has 11 heteroatoms. The number of aliphatic hydroxyl groups excluding tert-OH is 1. The normalized spacial score (nSPS) is 19.7. The maximum Gasteiger partial charge on any atom is 0.228 e. The Kier molecular flexibility index (Phi) is 7.44. The third kappa shape index (κ3) is 5.54. The van der Waals surface area contributed by atoms with Crippen LogP contribution in [0, 0.1) is 5.92 Å². The molecule has 4 aromatic rings. The number of nitrogens with one attached hydrogen (secondary N) is 3. The van der Waals surface area contributed by atoms with Crippen LogP contribution in [0.5, 0.6) is 5.75 Å². The lowest BCUT2D eigenvalue weighted by Gasteiger charge is -2.37. The summed E-state index contributed by atoms with van der Waals surface area (Å²) in [4.78, 5) is 24.2. The quantitative estimate of drug-likeness (QED) is 0.214. The molecule has 1 aliphatic heterocycles. The van der Waals surface area contributed by atoms with E-state index >= 15 is 0 Å². The Morgan fingerprint density at radius 1 is 1.10 bits per heavy atom. The predicted molar refractivity (Wildman–Crippen MR) is 160 cm³/mol. The minimum absolute atomic E-state index is 0.0209. The van der Waals surface area contributed by atoms with Crippen LogP contribution in [0.25, 0.3) is 10.9 Å². The van der Waals surface area contributed by atoms with Crippen molar-refractivity contribution in [1.82, 2.24) is 20.2 Å². The molecule has 7 rings (SSSR count). The van der Waals surface area contributed by atoms with Crippen molar-refractivity contribution < 1.29 is 14.6 Å². The topological polar surface area (TPSA) is 128 Å². The summed E-state index contributed by atoms with van der Waals surface area (Å²) in [7, 11) is 1.62. The van der Waals surface area contributed by atoms with Crippen molar-refractivity contribution in [1.29, 1.82) is 0 Å². The van der Waals surface area contributed by atoms with E-state index in [2.05, 4.69) is 33.0 Å². The van der Waals surface area contributed by atoms with Crippen LogP contribution < -0.4 is 20.3 Å². The molecule has 2 atom stereocenters. The van der Waals surface area contributed by atoms with Crippen LogP contribution in [0.1, 0.15) is 56.3 Å². The van der Waals surface area contributed by atoms with Crippen molar-refractivity contribution in [2.75, 3.05) is 35.7 Å². The second kappa shape index (κ2) is 11.2. The van der Waals surface area contributed by atoms with Crippen LogP contribution in [0.2, 0.25) is 5.02 Å². The van der Waals surface area contributed by atoms with Gasteiger partial charge in [-0.15, -0.1) is 0 Å². The number of nitrogens with zero attached hydrogens (tertiary/aromatic N) is 4. The van der Waals surface area contributed by atoms with E-state index in [9.17, 15) is 9.90 Å². The summed E-state index contributed by atoms with van der Waals surface area (Å²) >= 11 is 6.73. The zero-order valence-electron chi connectivity index (χ0n) is 23.3. The van der Waals surface area contributed by atoms with E-state index in [4.69, 9.17) is 26.3 Å². The Labute approximate surface area is 243 Å². The fourth-order valence-electron chi connectivity index (χ4n) is 5.13. The van der Waals surface area contributed by atoms with Crippen molar-refractivity contribution >= 4 is 51.6 Å². The number of aliphatic hydroxyl groups is 1. The number of methoxy groups -OCH3 is 1. The number of ether oxygens (including phenoxy) is 1. The number of aromatic amines is 1. The number of halogens is 1. The van der Waals surface area contributed by atoms with E-state index < -0.39 is 0 Å². The summed E-state index contributed by atoms with van der Waals surface area (Å²) < 4.78 is 5.18. The van der Waals surface area contributed by atoms with E-state index in [-0.39, 0.29) is 23.8 Å². The standard InChI is InChI=1S/C28H28ClN7O3.C2H6/c1-39-18-7-5-16(6-8-18)30-28(38)21-11-20(21)15-4-9-19-22(10-15)34-35-25(19)32-26-23(29)27(36-12-17(37)13-36)33-24(31-26)14-2-3-14;1-2/h4-10,14,17,20-21,37H,2-3,11-13H2,1H3,(H,30,38)(H2,31,32,33,34,35);1-2H3/t20-,21?;/m0./s1. The van der Waals surface area contributed by atoms with Gasteiger partial charge in [0.25, 0.3) is 0 Å². The summed E-state index contributed by atoms with van der Waals surface area (Å²) in [5.74, 6) is 3.78. The monoisotopic (exact) mass is 575 g/mol. The zero-order valence-corrected chi connectivity index (χ0v) is 24.1. The highest BCUT2D eigenvalue weighted by molar-refractivity contribution is 6.35. The molecule has 3 heterocycles. The van der Waals surface area contributed by atoms with E-state index in [1.165, 1.54) is 0 Å². The molecule has 2 aliphatic carbocycles. The van der Waals surface area contributed by atoms with Gasteiger partial charge in [0.05, 0.1) is 18.7 Å². The van der Waals surface area contributed by atoms with Gasteiger partial charge in [-0.2, -0.15) is 5.10 Å². The summed E-state index contributed by atoms with van der Waals surface area (Å²) in [5.41, 5.74) is 2.73. The molecule has 1 amide bonds. The van der Waals surface area contributed by atoms with E-state index in [0.717, 1.165) is 53.0 Å². The minimum Gasteiger partial charge on any atom is -0.497 e. The predicted octanol–water partition coefficient (Wildman–Crippen LogP) is 5.59. The molecule has 2 aromatic heterocycles. The van der Waals surface area contributed by atoms with Gasteiger partial charge in [-0.05, 0) is 67.1 Å². The van der Waals surface area contributed by atoms with Gasteiger partial charge >= 0.3 is 0 Å². The smallest absolute Gasteiger partial charge is 0.228 e. The third-order valence-electron chi connectivity index (χ3n) is 7.69. The van der Waals surface area contributed by atoms with Crippen LogP contribution in [-0.4, -0.2) is 57.5 Å². The number of H-pyrrole nitrogens is 1. The Morgan fingerprint density at radius 3 is 2.54 bits per heavy atom. The molecular formula is C30H34ClN7O3. The number of hydrogen-bond acceptors (Lipinski definition) is 8. The largest absolute Gasteiger partial charge is 0.497 e. The van der Waals surface area contributed by atoms with E-state index in [1.807, 2.05) is 49.1 Å². The number of rotatable bonds is 8. The number of amides is 1. The van der Waals surface area contributed by atoms with Gasteiger partial charge in [-0.3, -0.25) is 9.89 Å². The summed E-state index contributed by atoms with van der Waals surface area (Å²) in [6, 6.07) is 13.5. The Balaban J connectivity index is 0.00000148. The molecule has 1 unspecified atom stereocenters. The number of hydrogen-bond donors (Lipinski definition) is 4. The lowest BCUT2D eigenvalue weighted by atomic mass is 10.1. The van der Waals surface area contributed by atoms with Gasteiger partial charge in [0.2, 0.25) is 5.91 Å². The van der Waals surface area contributed by atoms with Gasteiger partial charge in [0, 0.05) is 36.0 Å². The molecule has 41 heavy (non-hydrogen) atoms. The van der Waals surface area contributed by atoms with Crippen LogP contribution >= 0.6 is 11.6 Å². The first-order chi connectivity index (χ1) is 20.0. The van der Waals surface area contributed by atoms with Crippen LogP contribution in [0.15, 0.2) is 42.5 Å². The Bertz CT molecular complexity index is 1560. The highest BCUT2D eigenvalue weighted by atomic mass is 35.5. The number of carbonyl (C=O) groups is 1. The number of anilines is 4. The van der Waals surface area contributed by atoms with Crippen LogP contribution in [-0.2, 0) is 4.79 Å². The number of aromatic nitrogens is 4. The fraction of sp³-hybridized carbons (Fsp3) is 0.400. The molecule has 0 spiro atoms. The lowest BCUT2D eigenvalue weighted by molar-refractivity contribution is -0.117. The van der Waals surface area contributed by atoms with Gasteiger partial charge in [0.1, 0.15) is 16.6 Å². The molecule has 2 aromatic carbocycles. The van der Waals surface area contributed by atoms with Crippen LogP contribution in [0.4, 0.5) is 23.1 Å². The summed E-state index contributed by atoms with van der Waals surface area (Å²) in [6.07, 6.45) is 2.58. The first kappa shape index (κ1) is 27.3. The highest BCUT2D eigenvalue weighted by Gasteiger charge is 2.44. The van der Waals surface area contributed by atoms with Crippen LogP contribution in [0.3, 0.4) is 0 Å². The van der Waals surface area contributed by atoms with E-state index in [1.54, 1.807) is 7.11 Å². The van der Waals surface area contributed by atoms with Gasteiger partial charge in [0.15, 0.2) is 17.5 Å². The molecule has 0 bridgehead atoms. The highest BCUT2D eigenvalue weighted by Crippen LogP contribution is 2.49. The first-order valence-electron chi connectivity index (χ1n) is 14.2. The van der Waals surface area contributed by atoms with Gasteiger partial charge in [-0.1, -0.05) is 31.5 Å². The van der Waals surface area contributed by atoms with Crippen molar-refractivity contribution in [3.8, 4) is 5.75 Å². The minimum atomic E-state index is -0.360. The average Bonchev–Trinajstić information content (AvgIpc) is 3.91.